The molecule has 2 heterocycles. The molecule has 0 aliphatic carbocycles. The van der Waals surface area contributed by atoms with Crippen LogP contribution in [0.1, 0.15) is 25.8 Å². The first-order valence-electron chi connectivity index (χ1n) is 8.34. The van der Waals surface area contributed by atoms with Gasteiger partial charge in [0.15, 0.2) is 0 Å². The highest BCUT2D eigenvalue weighted by molar-refractivity contribution is 5.55. The molecular formula is C22H19N3O. The second-order valence-corrected chi connectivity index (χ2v) is 6.70. The number of nitrogens with zero attached hydrogens (tertiary/aromatic N) is 3. The van der Waals surface area contributed by atoms with Crippen molar-refractivity contribution in [3.8, 4) is 11.8 Å². The van der Waals surface area contributed by atoms with E-state index in [0.29, 0.717) is 12.2 Å². The van der Waals surface area contributed by atoms with E-state index in [4.69, 9.17) is 16.6 Å². The molecule has 0 saturated heterocycles. The zero-order valence-corrected chi connectivity index (χ0v) is 14.8. The minimum atomic E-state index is -0.450. The topological polar surface area (TPSA) is 42.3 Å². The molecule has 0 atom stereocenters. The molecule has 26 heavy (non-hydrogen) atoms. The zero-order valence-electron chi connectivity index (χ0n) is 14.8. The van der Waals surface area contributed by atoms with Crippen molar-refractivity contribution in [1.29, 1.82) is 5.26 Å². The van der Waals surface area contributed by atoms with E-state index >= 15 is 0 Å². The fourth-order valence-corrected chi connectivity index (χ4v) is 2.91. The maximum Gasteiger partial charge on any atom is 0.265 e. The van der Waals surface area contributed by atoms with Gasteiger partial charge in [0, 0.05) is 24.5 Å². The van der Waals surface area contributed by atoms with Gasteiger partial charge in [0.25, 0.3) is 5.70 Å². The Balaban J connectivity index is 1.84. The number of allylic oxidation sites excluding steroid dienone is 3. The van der Waals surface area contributed by atoms with Gasteiger partial charge in [0.1, 0.15) is 11.4 Å². The van der Waals surface area contributed by atoms with Gasteiger partial charge in [-0.05, 0) is 61.4 Å². The van der Waals surface area contributed by atoms with Crippen LogP contribution in [0.2, 0.25) is 0 Å². The first-order valence-corrected chi connectivity index (χ1v) is 8.34. The molecule has 1 aliphatic heterocycles. The predicted octanol–water partition coefficient (Wildman–Crippen LogP) is 5.27. The molecule has 0 unspecified atom stereocenters. The molecule has 128 valence electrons. The third kappa shape index (κ3) is 3.94. The Bertz CT molecular complexity index is 944. The number of aromatic nitrogens is 1. The molecule has 0 radical (unpaired) electrons. The first kappa shape index (κ1) is 17.3. The van der Waals surface area contributed by atoms with Crippen LogP contribution < -0.4 is 0 Å². The largest absolute Gasteiger partial charge is 0.488 e. The van der Waals surface area contributed by atoms with Crippen molar-refractivity contribution in [3.63, 3.8) is 0 Å². The molecule has 1 aromatic heterocycles. The Morgan fingerprint density at radius 2 is 1.92 bits per heavy atom. The highest BCUT2D eigenvalue weighted by Gasteiger charge is 2.27. The molecule has 4 nitrogen and oxygen atoms in total. The minimum Gasteiger partial charge on any atom is -0.488 e. The van der Waals surface area contributed by atoms with Crippen molar-refractivity contribution >= 4 is 6.08 Å². The summed E-state index contributed by atoms with van der Waals surface area (Å²) < 4.78 is 8.02. The molecule has 1 aliphatic rings. The Labute approximate surface area is 153 Å². The van der Waals surface area contributed by atoms with Crippen LogP contribution in [0.4, 0.5) is 0 Å². The van der Waals surface area contributed by atoms with Crippen molar-refractivity contribution < 1.29 is 4.74 Å². The van der Waals surface area contributed by atoms with Crippen molar-refractivity contribution in [1.82, 2.24) is 4.57 Å². The minimum absolute atomic E-state index is 0.128. The first-order chi connectivity index (χ1) is 12.5. The zero-order chi connectivity index (χ0) is 18.6. The Kier molecular flexibility index (Phi) is 4.78. The van der Waals surface area contributed by atoms with Gasteiger partial charge in [-0.15, -0.1) is 0 Å². The molecule has 0 spiro atoms. The standard InChI is InChI=1S/C22H19N3O/c1-22(2)15-18(21(16-23)24-3)14-20(26-22)11-8-17-6-9-19(10-7-17)25-12-4-5-13-25/h4-14H,15H2,1-2H3/b11-8+,21-18+. The molecule has 0 saturated carbocycles. The second kappa shape index (κ2) is 7.17. The maximum atomic E-state index is 9.14. The van der Waals surface area contributed by atoms with E-state index < -0.39 is 5.60 Å². The Hall–Kier alpha value is -3.50. The molecule has 4 heteroatoms. The van der Waals surface area contributed by atoms with Crippen molar-refractivity contribution in [2.24, 2.45) is 0 Å². The highest BCUT2D eigenvalue weighted by atomic mass is 16.5. The fraction of sp³-hybridized carbons (Fsp3) is 0.182. The maximum absolute atomic E-state index is 9.14. The van der Waals surface area contributed by atoms with Crippen LogP contribution in [0.3, 0.4) is 0 Å². The summed E-state index contributed by atoms with van der Waals surface area (Å²) in [5.74, 6) is 0.655. The summed E-state index contributed by atoms with van der Waals surface area (Å²) >= 11 is 0. The van der Waals surface area contributed by atoms with E-state index in [1.165, 1.54) is 0 Å². The van der Waals surface area contributed by atoms with E-state index in [1.54, 1.807) is 6.08 Å². The quantitative estimate of drug-likeness (QED) is 0.564. The van der Waals surface area contributed by atoms with Crippen molar-refractivity contribution in [2.45, 2.75) is 25.9 Å². The van der Waals surface area contributed by atoms with Crippen LogP contribution >= 0.6 is 0 Å². The lowest BCUT2D eigenvalue weighted by molar-refractivity contribution is 0.0356. The average Bonchev–Trinajstić information content (AvgIpc) is 3.15. The van der Waals surface area contributed by atoms with Gasteiger partial charge in [0.2, 0.25) is 0 Å². The molecule has 0 fully saturated rings. The Morgan fingerprint density at radius 1 is 1.23 bits per heavy atom. The summed E-state index contributed by atoms with van der Waals surface area (Å²) in [5, 5.41) is 9.14. The molecular weight excluding hydrogens is 322 g/mol. The number of benzene rings is 1. The van der Waals surface area contributed by atoms with E-state index in [-0.39, 0.29) is 5.70 Å². The van der Waals surface area contributed by atoms with Crippen LogP contribution in [0, 0.1) is 17.9 Å². The smallest absolute Gasteiger partial charge is 0.265 e. The van der Waals surface area contributed by atoms with Crippen LogP contribution in [-0.2, 0) is 4.74 Å². The van der Waals surface area contributed by atoms with Gasteiger partial charge < -0.3 is 9.30 Å². The van der Waals surface area contributed by atoms with Gasteiger partial charge in [-0.1, -0.05) is 18.2 Å². The molecule has 0 N–H and O–H groups in total. The van der Waals surface area contributed by atoms with E-state index in [1.807, 2.05) is 73.3 Å². The lowest BCUT2D eigenvalue weighted by atomic mass is 9.93. The van der Waals surface area contributed by atoms with Crippen LogP contribution in [0.5, 0.6) is 0 Å². The summed E-state index contributed by atoms with van der Waals surface area (Å²) in [5.41, 5.74) is 2.55. The lowest BCUT2D eigenvalue weighted by Crippen LogP contribution is -2.27. The SMILES string of the molecule is [C-]#[N+]/C(C#N)=C1C=C(/C=C/c2ccc(-n3cccc3)cc2)OC(C)(C)C\1. The summed E-state index contributed by atoms with van der Waals surface area (Å²) in [6.07, 6.45) is 10.2. The third-order valence-electron chi connectivity index (χ3n) is 4.08. The third-order valence-corrected chi connectivity index (χ3v) is 4.08. The van der Waals surface area contributed by atoms with Gasteiger partial charge in [-0.3, -0.25) is 0 Å². The molecule has 1 aromatic carbocycles. The van der Waals surface area contributed by atoms with Gasteiger partial charge in [-0.2, -0.15) is 0 Å². The van der Waals surface area contributed by atoms with E-state index in [2.05, 4.69) is 17.0 Å². The van der Waals surface area contributed by atoms with Gasteiger partial charge in [0.05, 0.1) is 12.6 Å². The summed E-state index contributed by atoms with van der Waals surface area (Å²) in [6.45, 7) is 11.1. The number of rotatable bonds is 3. The predicted molar refractivity (Wildman–Crippen MR) is 102 cm³/mol. The number of hydrogen-bond acceptors (Lipinski definition) is 2. The van der Waals surface area contributed by atoms with Crippen molar-refractivity contribution in [2.75, 3.05) is 0 Å². The summed E-state index contributed by atoms with van der Waals surface area (Å²) in [7, 11) is 0. The van der Waals surface area contributed by atoms with Crippen molar-refractivity contribution in [3.05, 3.63) is 95.0 Å². The van der Waals surface area contributed by atoms with Gasteiger partial charge >= 0.3 is 0 Å². The van der Waals surface area contributed by atoms with Crippen LogP contribution in [0.25, 0.3) is 16.6 Å². The Morgan fingerprint density at radius 3 is 2.54 bits per heavy atom. The average molecular weight is 341 g/mol. The fourth-order valence-electron chi connectivity index (χ4n) is 2.91. The molecule has 2 aromatic rings. The lowest BCUT2D eigenvalue weighted by Gasteiger charge is -2.32. The van der Waals surface area contributed by atoms with E-state index in [0.717, 1.165) is 16.8 Å². The number of nitriles is 1. The number of hydrogen-bond donors (Lipinski definition) is 0. The van der Waals surface area contributed by atoms with Gasteiger partial charge in [-0.25, -0.2) is 10.1 Å². The summed E-state index contributed by atoms with van der Waals surface area (Å²) in [4.78, 5) is 3.32. The second-order valence-electron chi connectivity index (χ2n) is 6.70. The molecule has 3 rings (SSSR count). The normalized spacial score (nSPS) is 17.8. The monoisotopic (exact) mass is 341 g/mol. The molecule has 0 bridgehead atoms. The molecule has 0 amide bonds. The van der Waals surface area contributed by atoms with Crippen LogP contribution in [-0.4, -0.2) is 10.2 Å². The number of ether oxygens (including phenoxy) is 1. The van der Waals surface area contributed by atoms with E-state index in [9.17, 15) is 0 Å². The highest BCUT2D eigenvalue weighted by Crippen LogP contribution is 2.32. The summed E-state index contributed by atoms with van der Waals surface area (Å²) in [6, 6.07) is 14.1. The van der Waals surface area contributed by atoms with Crippen LogP contribution in [0.15, 0.2) is 78.0 Å².